The van der Waals surface area contributed by atoms with Gasteiger partial charge in [0.2, 0.25) is 0 Å². The van der Waals surface area contributed by atoms with Crippen molar-refractivity contribution in [2.75, 3.05) is 5.32 Å². The third-order valence-electron chi connectivity index (χ3n) is 5.38. The lowest BCUT2D eigenvalue weighted by molar-refractivity contribution is 0.0698. The second-order valence-electron chi connectivity index (χ2n) is 7.55. The lowest BCUT2D eigenvalue weighted by Gasteiger charge is -2.15. The number of rotatable bonds is 6. The Kier molecular flexibility index (Phi) is 5.81. The van der Waals surface area contributed by atoms with Crippen molar-refractivity contribution in [3.63, 3.8) is 0 Å². The smallest absolute Gasteiger partial charge is 0.336 e. The summed E-state index contributed by atoms with van der Waals surface area (Å²) in [5.41, 5.74) is 2.79. The molecule has 1 amide bonds. The number of ketones is 1. The number of nitrogens with one attached hydrogen (secondary N) is 1. The highest BCUT2D eigenvalue weighted by atomic mass is 16.4. The third kappa shape index (κ3) is 4.14. The first-order valence-electron chi connectivity index (χ1n) is 10.2. The molecule has 0 radical (unpaired) electrons. The van der Waals surface area contributed by atoms with Gasteiger partial charge < -0.3 is 10.4 Å². The van der Waals surface area contributed by atoms with Crippen LogP contribution in [0.4, 0.5) is 5.69 Å². The summed E-state index contributed by atoms with van der Waals surface area (Å²) < 4.78 is 0. The zero-order valence-corrected chi connectivity index (χ0v) is 17.5. The number of benzene rings is 4. The lowest BCUT2D eigenvalue weighted by Crippen LogP contribution is -2.15. The lowest BCUT2D eigenvalue weighted by atomic mass is 9.89. The summed E-state index contributed by atoms with van der Waals surface area (Å²) >= 11 is 0. The second-order valence-corrected chi connectivity index (χ2v) is 7.55. The van der Waals surface area contributed by atoms with E-state index in [0.717, 1.165) is 11.1 Å². The Bertz CT molecular complexity index is 1330. The maximum absolute atomic E-state index is 13.2. The molecule has 0 saturated heterocycles. The summed E-state index contributed by atoms with van der Waals surface area (Å²) in [4.78, 5) is 38.3. The number of carboxylic acid groups (broad SMARTS) is 1. The molecule has 32 heavy (non-hydrogen) atoms. The van der Waals surface area contributed by atoms with Gasteiger partial charge in [0.1, 0.15) is 0 Å². The number of amides is 1. The van der Waals surface area contributed by atoms with Crippen LogP contribution in [0.3, 0.4) is 0 Å². The first-order valence-corrected chi connectivity index (χ1v) is 10.2. The molecule has 158 valence electrons. The highest BCUT2D eigenvalue weighted by Gasteiger charge is 2.22. The molecule has 0 aromatic heterocycles. The maximum Gasteiger partial charge on any atom is 0.336 e. The Morgan fingerprint density at radius 3 is 1.97 bits per heavy atom. The molecule has 0 heterocycles. The number of aryl methyl sites for hydroxylation is 1. The molecule has 0 aliphatic rings. The average molecular weight is 423 g/mol. The molecule has 0 fully saturated rings. The van der Waals surface area contributed by atoms with Gasteiger partial charge in [-0.15, -0.1) is 0 Å². The molecular weight excluding hydrogens is 402 g/mol. The standard InChI is InChI=1S/C27H21NO4/c1-17-12-13-20(23(29)16-18-8-4-2-5-9-18)25-22(27(31)32)15-14-21(24(17)25)26(30)28-19-10-6-3-7-11-19/h2-15H,16H2,1H3,(H,28,30)(H,31,32). The number of carbonyl (C=O) groups is 3. The van der Waals surface area contributed by atoms with Gasteiger partial charge in [0, 0.05) is 28.6 Å². The molecule has 0 atom stereocenters. The van der Waals surface area contributed by atoms with E-state index in [1.165, 1.54) is 12.1 Å². The normalized spacial score (nSPS) is 10.7. The predicted molar refractivity (Wildman–Crippen MR) is 125 cm³/mol. The van der Waals surface area contributed by atoms with Gasteiger partial charge in [0.25, 0.3) is 5.91 Å². The number of carboxylic acids is 1. The highest BCUT2D eigenvalue weighted by Crippen LogP contribution is 2.31. The van der Waals surface area contributed by atoms with Crippen LogP contribution in [0.1, 0.15) is 42.2 Å². The van der Waals surface area contributed by atoms with Crippen LogP contribution >= 0.6 is 0 Å². The fourth-order valence-electron chi connectivity index (χ4n) is 3.86. The summed E-state index contributed by atoms with van der Waals surface area (Å²) in [6, 6.07) is 24.6. The molecule has 0 saturated carbocycles. The SMILES string of the molecule is Cc1ccc(C(=O)Cc2ccccc2)c2c(C(=O)O)ccc(C(=O)Nc3ccccc3)c12. The van der Waals surface area contributed by atoms with E-state index in [0.29, 0.717) is 27.6 Å². The molecule has 5 nitrogen and oxygen atoms in total. The minimum absolute atomic E-state index is 0.00336. The maximum atomic E-state index is 13.2. The zero-order chi connectivity index (χ0) is 22.7. The topological polar surface area (TPSA) is 83.5 Å². The van der Waals surface area contributed by atoms with Crippen molar-refractivity contribution < 1.29 is 19.5 Å². The number of Topliss-reactive ketones (excluding diaryl/α,β-unsaturated/α-hetero) is 1. The van der Waals surface area contributed by atoms with E-state index < -0.39 is 5.97 Å². The number of anilines is 1. The van der Waals surface area contributed by atoms with Gasteiger partial charge in [0.15, 0.2) is 5.78 Å². The minimum Gasteiger partial charge on any atom is -0.478 e. The predicted octanol–water partition coefficient (Wildman–Crippen LogP) is 5.52. The van der Waals surface area contributed by atoms with E-state index in [4.69, 9.17) is 0 Å². The van der Waals surface area contributed by atoms with Crippen LogP contribution in [-0.2, 0) is 6.42 Å². The second kappa shape index (κ2) is 8.86. The molecule has 0 spiro atoms. The third-order valence-corrected chi connectivity index (χ3v) is 5.38. The quantitative estimate of drug-likeness (QED) is 0.400. The van der Waals surface area contributed by atoms with E-state index >= 15 is 0 Å². The summed E-state index contributed by atoms with van der Waals surface area (Å²) in [7, 11) is 0. The first kappa shape index (κ1) is 21.0. The van der Waals surface area contributed by atoms with E-state index in [2.05, 4.69) is 5.32 Å². The van der Waals surface area contributed by atoms with Crippen LogP contribution < -0.4 is 5.32 Å². The van der Waals surface area contributed by atoms with Gasteiger partial charge in [0.05, 0.1) is 5.56 Å². The van der Waals surface area contributed by atoms with Crippen molar-refractivity contribution in [3.05, 3.63) is 113 Å². The molecule has 0 bridgehead atoms. The number of aromatic carboxylic acids is 1. The molecular formula is C27H21NO4. The van der Waals surface area contributed by atoms with Gasteiger partial charge in [-0.3, -0.25) is 9.59 Å². The van der Waals surface area contributed by atoms with Crippen LogP contribution in [0, 0.1) is 6.92 Å². The minimum atomic E-state index is -1.15. The Morgan fingerprint density at radius 1 is 0.719 bits per heavy atom. The van der Waals surface area contributed by atoms with Crippen molar-refractivity contribution in [3.8, 4) is 0 Å². The summed E-state index contributed by atoms with van der Waals surface area (Å²) in [5.74, 6) is -1.72. The van der Waals surface area contributed by atoms with Crippen molar-refractivity contribution in [1.29, 1.82) is 0 Å². The molecule has 4 aromatic carbocycles. The van der Waals surface area contributed by atoms with Gasteiger partial charge in [-0.1, -0.05) is 60.7 Å². The zero-order valence-electron chi connectivity index (χ0n) is 17.5. The summed E-state index contributed by atoms with van der Waals surface area (Å²) in [6.07, 6.45) is 0.137. The Hall–Kier alpha value is -4.25. The molecule has 5 heteroatoms. The average Bonchev–Trinajstić information content (AvgIpc) is 2.79. The summed E-state index contributed by atoms with van der Waals surface area (Å²) in [5, 5.41) is 13.4. The van der Waals surface area contributed by atoms with Crippen LogP contribution in [0.5, 0.6) is 0 Å². The fraction of sp³-hybridized carbons (Fsp3) is 0.0741. The van der Waals surface area contributed by atoms with Crippen molar-refractivity contribution in [1.82, 2.24) is 0 Å². The summed E-state index contributed by atoms with van der Waals surface area (Å²) in [6.45, 7) is 1.80. The van der Waals surface area contributed by atoms with Gasteiger partial charge >= 0.3 is 5.97 Å². The largest absolute Gasteiger partial charge is 0.478 e. The number of carbonyl (C=O) groups excluding carboxylic acids is 2. The molecule has 2 N–H and O–H groups in total. The number of hydrogen-bond donors (Lipinski definition) is 2. The van der Waals surface area contributed by atoms with Gasteiger partial charge in [-0.25, -0.2) is 4.79 Å². The Morgan fingerprint density at radius 2 is 1.31 bits per heavy atom. The molecule has 0 aliphatic heterocycles. The number of para-hydroxylation sites is 1. The molecule has 0 aliphatic carbocycles. The molecule has 4 aromatic rings. The van der Waals surface area contributed by atoms with Crippen LogP contribution in [0.2, 0.25) is 0 Å². The first-order chi connectivity index (χ1) is 15.5. The number of hydrogen-bond acceptors (Lipinski definition) is 3. The highest BCUT2D eigenvalue weighted by molar-refractivity contribution is 6.22. The van der Waals surface area contributed by atoms with Crippen molar-refractivity contribution in [2.24, 2.45) is 0 Å². The van der Waals surface area contributed by atoms with E-state index in [9.17, 15) is 19.5 Å². The van der Waals surface area contributed by atoms with Crippen molar-refractivity contribution in [2.45, 2.75) is 13.3 Å². The fourth-order valence-corrected chi connectivity index (χ4v) is 3.86. The van der Waals surface area contributed by atoms with Gasteiger partial charge in [-0.05, 0) is 47.7 Å². The van der Waals surface area contributed by atoms with E-state index in [1.807, 2.05) is 48.5 Å². The Labute approximate surface area is 185 Å². The van der Waals surface area contributed by atoms with E-state index in [1.54, 1.807) is 31.2 Å². The van der Waals surface area contributed by atoms with Gasteiger partial charge in [-0.2, -0.15) is 0 Å². The molecule has 4 rings (SSSR count). The van der Waals surface area contributed by atoms with Crippen LogP contribution in [-0.4, -0.2) is 22.8 Å². The monoisotopic (exact) mass is 423 g/mol. The van der Waals surface area contributed by atoms with Crippen LogP contribution in [0.25, 0.3) is 10.8 Å². The molecule has 0 unspecified atom stereocenters. The Balaban J connectivity index is 1.86. The number of fused-ring (bicyclic) bond motifs is 1. The van der Waals surface area contributed by atoms with Crippen LogP contribution in [0.15, 0.2) is 84.9 Å². The van der Waals surface area contributed by atoms with Crippen molar-refractivity contribution >= 4 is 34.1 Å². The van der Waals surface area contributed by atoms with E-state index in [-0.39, 0.29) is 23.7 Å².